The lowest BCUT2D eigenvalue weighted by Gasteiger charge is -2.38. The topological polar surface area (TPSA) is 66.8 Å². The van der Waals surface area contributed by atoms with Gasteiger partial charge in [-0.25, -0.2) is 4.39 Å². The van der Waals surface area contributed by atoms with Gasteiger partial charge in [-0.1, -0.05) is 50.3 Å². The van der Waals surface area contributed by atoms with Crippen LogP contribution >= 0.6 is 19.2 Å². The first kappa shape index (κ1) is 28.7. The number of hydrogen-bond acceptors (Lipinski definition) is 2. The molecule has 1 atom stereocenters. The monoisotopic (exact) mass is 542 g/mol. The Labute approximate surface area is 209 Å². The molecule has 1 unspecified atom stereocenters. The molecule has 1 aromatic carbocycles. The lowest BCUT2D eigenvalue weighted by molar-refractivity contribution is -0.176. The average Bonchev–Trinajstić information content (AvgIpc) is 2.79. The maximum atomic E-state index is 14.9. The molecule has 2 fully saturated rings. The lowest BCUT2D eigenvalue weighted by Crippen LogP contribution is -2.32. The van der Waals surface area contributed by atoms with Gasteiger partial charge in [-0.05, 0) is 73.8 Å². The minimum atomic E-state index is -4.93. The second-order valence-electron chi connectivity index (χ2n) is 10.4. The van der Waals surface area contributed by atoms with Gasteiger partial charge >= 0.3 is 13.8 Å². The van der Waals surface area contributed by atoms with Crippen molar-refractivity contribution in [2.24, 2.45) is 23.7 Å². The van der Waals surface area contributed by atoms with Crippen LogP contribution in [0.1, 0.15) is 82.6 Å². The third kappa shape index (κ3) is 8.08. The first-order valence-electron chi connectivity index (χ1n) is 12.6. The maximum Gasteiger partial charge on any atom is 0.395 e. The van der Waals surface area contributed by atoms with Gasteiger partial charge in [0, 0.05) is 0 Å². The first-order chi connectivity index (χ1) is 16.4. The predicted octanol–water partition coefficient (Wildman–Crippen LogP) is 8.09. The molecule has 0 aliphatic heterocycles. The van der Waals surface area contributed by atoms with Crippen molar-refractivity contribution in [3.05, 3.63) is 28.5 Å². The van der Waals surface area contributed by atoms with Gasteiger partial charge in [-0.2, -0.15) is 13.2 Å². The summed E-state index contributed by atoms with van der Waals surface area (Å²) < 4.78 is 70.3. The van der Waals surface area contributed by atoms with Crippen molar-refractivity contribution in [2.45, 2.75) is 83.2 Å². The lowest BCUT2D eigenvalue weighted by atomic mass is 9.68. The Hall–Kier alpha value is -0.820. The molecule has 10 heteroatoms. The summed E-state index contributed by atoms with van der Waals surface area (Å²) in [5.74, 6) is -1.38. The first-order valence-corrected chi connectivity index (χ1v) is 14.8. The molecule has 3 rings (SSSR count). The van der Waals surface area contributed by atoms with Crippen molar-refractivity contribution in [3.8, 4) is 5.75 Å². The SMILES string of the molecule is CCCC1CCC(C2CCC(c3ccc(OCC(CP(=O)(O)O)C(F)(F)F)c(F)c3Cl)CC2)CC1. The van der Waals surface area contributed by atoms with Crippen LogP contribution in [0.15, 0.2) is 12.1 Å². The van der Waals surface area contributed by atoms with E-state index in [0.29, 0.717) is 11.5 Å². The van der Waals surface area contributed by atoms with Gasteiger partial charge in [-0.15, -0.1) is 0 Å². The zero-order chi connectivity index (χ0) is 25.8. The molecule has 0 saturated heterocycles. The smallest absolute Gasteiger partial charge is 0.395 e. The highest BCUT2D eigenvalue weighted by Crippen LogP contribution is 2.47. The Morgan fingerprint density at radius 1 is 1.06 bits per heavy atom. The van der Waals surface area contributed by atoms with E-state index in [1.54, 1.807) is 6.07 Å². The summed E-state index contributed by atoms with van der Waals surface area (Å²) in [5.41, 5.74) is 0.643. The second kappa shape index (κ2) is 12.1. The van der Waals surface area contributed by atoms with Crippen LogP contribution in [0, 0.1) is 29.5 Å². The Morgan fingerprint density at radius 3 is 2.14 bits per heavy atom. The molecule has 0 bridgehead atoms. The van der Waals surface area contributed by atoms with E-state index < -0.39 is 44.0 Å². The minimum Gasteiger partial charge on any atom is -0.490 e. The summed E-state index contributed by atoms with van der Waals surface area (Å²) in [6, 6.07) is 2.87. The van der Waals surface area contributed by atoms with E-state index in [4.69, 9.17) is 26.1 Å². The molecule has 2 aliphatic rings. The van der Waals surface area contributed by atoms with Crippen LogP contribution in [0.25, 0.3) is 0 Å². The third-order valence-corrected chi connectivity index (χ3v) is 9.21. The van der Waals surface area contributed by atoms with Gasteiger partial charge < -0.3 is 14.5 Å². The molecule has 0 spiro atoms. The molecule has 35 heavy (non-hydrogen) atoms. The van der Waals surface area contributed by atoms with Gasteiger partial charge in [-0.3, -0.25) is 4.57 Å². The quantitative estimate of drug-likeness (QED) is 0.244. The van der Waals surface area contributed by atoms with Crippen molar-refractivity contribution in [1.82, 2.24) is 0 Å². The summed E-state index contributed by atoms with van der Waals surface area (Å²) in [6.45, 7) is 1.14. The normalized spacial score (nSPS) is 27.0. The van der Waals surface area contributed by atoms with Gasteiger partial charge in [0.05, 0.1) is 11.2 Å². The van der Waals surface area contributed by atoms with Crippen LogP contribution in [0.4, 0.5) is 17.6 Å². The van der Waals surface area contributed by atoms with Crippen molar-refractivity contribution < 1.29 is 36.7 Å². The Bertz CT molecular complexity index is 875. The van der Waals surface area contributed by atoms with E-state index >= 15 is 0 Å². The number of rotatable bonds is 9. The summed E-state index contributed by atoms with van der Waals surface area (Å²) in [6.07, 6.45) is 5.42. The van der Waals surface area contributed by atoms with Crippen LogP contribution < -0.4 is 4.74 Å². The molecular formula is C25H36ClF4O4P. The number of ether oxygens (including phenoxy) is 1. The fourth-order valence-electron chi connectivity index (χ4n) is 5.96. The van der Waals surface area contributed by atoms with E-state index in [2.05, 4.69) is 6.92 Å². The highest BCUT2D eigenvalue weighted by atomic mass is 35.5. The van der Waals surface area contributed by atoms with Crippen LogP contribution in [-0.4, -0.2) is 28.7 Å². The molecule has 0 amide bonds. The molecule has 0 radical (unpaired) electrons. The summed E-state index contributed by atoms with van der Waals surface area (Å²) in [7, 11) is -4.93. The zero-order valence-corrected chi connectivity index (χ0v) is 21.7. The third-order valence-electron chi connectivity index (χ3n) is 7.90. The molecule has 2 saturated carbocycles. The molecule has 2 N–H and O–H groups in total. The highest BCUT2D eigenvalue weighted by molar-refractivity contribution is 7.51. The number of halogens is 5. The summed E-state index contributed by atoms with van der Waals surface area (Å²) in [4.78, 5) is 17.8. The van der Waals surface area contributed by atoms with Gasteiger partial charge in [0.2, 0.25) is 0 Å². The summed E-state index contributed by atoms with van der Waals surface area (Å²) >= 11 is 6.27. The van der Waals surface area contributed by atoms with E-state index in [9.17, 15) is 22.1 Å². The molecule has 0 heterocycles. The Morgan fingerprint density at radius 2 is 1.63 bits per heavy atom. The van der Waals surface area contributed by atoms with Crippen LogP contribution in [0.2, 0.25) is 5.02 Å². The second-order valence-corrected chi connectivity index (χ2v) is 12.4. The van der Waals surface area contributed by atoms with Gasteiger partial charge in [0.1, 0.15) is 12.5 Å². The van der Waals surface area contributed by atoms with E-state index in [1.165, 1.54) is 44.6 Å². The van der Waals surface area contributed by atoms with Crippen molar-refractivity contribution in [1.29, 1.82) is 0 Å². The zero-order valence-electron chi connectivity index (χ0n) is 20.1. The van der Waals surface area contributed by atoms with Crippen molar-refractivity contribution in [2.75, 3.05) is 12.8 Å². The molecular weight excluding hydrogens is 507 g/mol. The number of hydrogen-bond donors (Lipinski definition) is 2. The van der Waals surface area contributed by atoms with Crippen LogP contribution in [-0.2, 0) is 4.57 Å². The Balaban J connectivity index is 1.58. The van der Waals surface area contributed by atoms with Gasteiger partial charge in [0.15, 0.2) is 11.6 Å². The van der Waals surface area contributed by atoms with Gasteiger partial charge in [0.25, 0.3) is 0 Å². The largest absolute Gasteiger partial charge is 0.490 e. The Kier molecular flexibility index (Phi) is 9.98. The average molecular weight is 543 g/mol. The van der Waals surface area contributed by atoms with E-state index in [1.807, 2.05) is 0 Å². The number of alkyl halides is 3. The number of benzene rings is 1. The molecule has 0 aromatic heterocycles. The van der Waals surface area contributed by atoms with Crippen LogP contribution in [0.3, 0.4) is 0 Å². The standard InChI is InChI=1S/C25H36ClF4O4P/c1-2-3-16-4-6-17(7-5-16)18-8-10-19(11-9-18)21-12-13-22(24(27)23(21)26)34-14-20(25(28,29)30)15-35(31,32)33/h12-13,16-20H,2-11,14-15H2,1H3,(H2,31,32,33). The van der Waals surface area contributed by atoms with Crippen molar-refractivity contribution >= 4 is 19.2 Å². The van der Waals surface area contributed by atoms with E-state index in [-0.39, 0.29) is 10.9 Å². The maximum absolute atomic E-state index is 14.9. The highest BCUT2D eigenvalue weighted by Gasteiger charge is 2.44. The fraction of sp³-hybridized carbons (Fsp3) is 0.760. The molecule has 200 valence electrons. The molecule has 2 aliphatic carbocycles. The van der Waals surface area contributed by atoms with Crippen molar-refractivity contribution in [3.63, 3.8) is 0 Å². The predicted molar refractivity (Wildman–Crippen MR) is 128 cm³/mol. The summed E-state index contributed by atoms with van der Waals surface area (Å²) in [5, 5.41) is -0.149. The fourth-order valence-corrected chi connectivity index (χ4v) is 7.16. The minimum absolute atomic E-state index is 0.0938. The van der Waals surface area contributed by atoms with E-state index in [0.717, 1.165) is 37.5 Å². The molecule has 1 aromatic rings. The van der Waals surface area contributed by atoms with Crippen LogP contribution in [0.5, 0.6) is 5.75 Å². The molecule has 4 nitrogen and oxygen atoms in total.